The molecule has 1 saturated carbocycles. The molecule has 3 N–H and O–H groups in total. The predicted molar refractivity (Wildman–Crippen MR) is 91.8 cm³/mol. The Labute approximate surface area is 143 Å². The normalized spacial score (nSPS) is 32.3. The maximum atomic E-state index is 11.0. The van der Waals surface area contributed by atoms with E-state index < -0.39 is 37.9 Å². The molecule has 0 bridgehead atoms. The fraction of sp³-hybridized carbons (Fsp3) is 0.833. The van der Waals surface area contributed by atoms with Crippen LogP contribution in [-0.4, -0.2) is 47.4 Å². The van der Waals surface area contributed by atoms with Crippen LogP contribution in [0.5, 0.6) is 0 Å². The maximum Gasteiger partial charge on any atom is 0.348 e. The highest BCUT2D eigenvalue weighted by Crippen LogP contribution is 2.53. The summed E-state index contributed by atoms with van der Waals surface area (Å²) in [6.45, 7) is 1.68. The predicted octanol–water partition coefficient (Wildman–Crippen LogP) is 2.09. The minimum atomic E-state index is -4.27. The van der Waals surface area contributed by atoms with Gasteiger partial charge in [-0.05, 0) is 44.8 Å². The number of ether oxygens (including phenoxy) is 1. The summed E-state index contributed by atoms with van der Waals surface area (Å²) < 4.78 is 27.2. The van der Waals surface area contributed by atoms with Crippen molar-refractivity contribution in [2.75, 3.05) is 7.11 Å². The van der Waals surface area contributed by atoms with E-state index in [0.717, 1.165) is 5.82 Å². The molecule has 23 heavy (non-hydrogen) atoms. The summed E-state index contributed by atoms with van der Waals surface area (Å²) in [7, 11) is 3.18. The standard InChI is InChI=1S/C12H23BO7P2S/c1-12(2,3)20-22(17,23)19-11-9(13)7-8(10(11)18-4)5-6-21(14,15)16/h5-6,8-11H,7H2,1-4H3,(H,17,23)(H2,14,15,16)/b6-5+/t8-,9-,10+,11-,22?/m0/s1. The smallest absolute Gasteiger partial charge is 0.348 e. The lowest BCUT2D eigenvalue weighted by molar-refractivity contribution is -0.00962. The van der Waals surface area contributed by atoms with E-state index in [-0.39, 0.29) is 5.92 Å². The van der Waals surface area contributed by atoms with Crippen LogP contribution in [0.4, 0.5) is 0 Å². The lowest BCUT2D eigenvalue weighted by Gasteiger charge is -2.31. The van der Waals surface area contributed by atoms with Crippen molar-refractivity contribution in [3.63, 3.8) is 0 Å². The number of rotatable bonds is 6. The quantitative estimate of drug-likeness (QED) is 0.472. The van der Waals surface area contributed by atoms with Crippen LogP contribution in [0.25, 0.3) is 0 Å². The molecule has 0 saturated heterocycles. The first-order chi connectivity index (χ1) is 10.2. The molecule has 0 aromatic heterocycles. The van der Waals surface area contributed by atoms with Crippen LogP contribution in [0.3, 0.4) is 0 Å². The average Bonchev–Trinajstić information content (AvgIpc) is 2.58. The van der Waals surface area contributed by atoms with Crippen molar-refractivity contribution in [2.24, 2.45) is 5.92 Å². The topological polar surface area (TPSA) is 105 Å². The molecule has 1 unspecified atom stereocenters. The van der Waals surface area contributed by atoms with Crippen LogP contribution in [0.2, 0.25) is 5.82 Å². The van der Waals surface area contributed by atoms with Gasteiger partial charge in [0.05, 0.1) is 25.7 Å². The van der Waals surface area contributed by atoms with E-state index in [1.165, 1.54) is 13.2 Å². The van der Waals surface area contributed by atoms with Crippen molar-refractivity contribution in [2.45, 2.75) is 50.8 Å². The van der Waals surface area contributed by atoms with Crippen molar-refractivity contribution < 1.29 is 33.0 Å². The van der Waals surface area contributed by atoms with E-state index in [9.17, 15) is 9.46 Å². The summed E-state index contributed by atoms with van der Waals surface area (Å²) in [5.41, 5.74) is -0.685. The van der Waals surface area contributed by atoms with Crippen LogP contribution in [-0.2, 0) is 30.2 Å². The van der Waals surface area contributed by atoms with E-state index in [1.54, 1.807) is 20.8 Å². The van der Waals surface area contributed by atoms with Crippen molar-refractivity contribution in [3.8, 4) is 0 Å². The summed E-state index contributed by atoms with van der Waals surface area (Å²) in [6, 6.07) is 0. The Morgan fingerprint density at radius 1 is 1.26 bits per heavy atom. The monoisotopic (exact) mass is 384 g/mol. The molecule has 11 heteroatoms. The van der Waals surface area contributed by atoms with E-state index in [0.29, 0.717) is 6.42 Å². The molecule has 5 atom stereocenters. The Balaban J connectivity index is 2.89. The molecule has 0 heterocycles. The van der Waals surface area contributed by atoms with E-state index in [2.05, 4.69) is 0 Å². The molecule has 1 aliphatic rings. The second-order valence-electron chi connectivity index (χ2n) is 6.44. The van der Waals surface area contributed by atoms with Crippen LogP contribution in [0.15, 0.2) is 11.9 Å². The van der Waals surface area contributed by atoms with Crippen molar-refractivity contribution in [3.05, 3.63) is 11.9 Å². The Morgan fingerprint density at radius 3 is 2.26 bits per heavy atom. The van der Waals surface area contributed by atoms with Gasteiger partial charge in [-0.2, -0.15) is 0 Å². The molecule has 0 spiro atoms. The third kappa shape index (κ3) is 7.47. The van der Waals surface area contributed by atoms with Crippen LogP contribution in [0, 0.1) is 5.92 Å². The van der Waals surface area contributed by atoms with Gasteiger partial charge in [0, 0.05) is 18.8 Å². The van der Waals surface area contributed by atoms with Gasteiger partial charge in [-0.3, -0.25) is 4.57 Å². The zero-order valence-electron chi connectivity index (χ0n) is 13.5. The van der Waals surface area contributed by atoms with Gasteiger partial charge in [-0.25, -0.2) is 0 Å². The highest BCUT2D eigenvalue weighted by Gasteiger charge is 2.44. The van der Waals surface area contributed by atoms with Crippen LogP contribution in [0.1, 0.15) is 27.2 Å². The summed E-state index contributed by atoms with van der Waals surface area (Å²) in [5.74, 6) is -0.0545. The molecule has 1 aliphatic carbocycles. The summed E-state index contributed by atoms with van der Waals surface area (Å²) in [4.78, 5) is 28.1. The summed E-state index contributed by atoms with van der Waals surface area (Å²) in [5, 5.41) is 0. The third-order valence-corrected chi connectivity index (χ3v) is 5.49. The third-order valence-electron chi connectivity index (χ3n) is 3.16. The highest BCUT2D eigenvalue weighted by molar-refractivity contribution is 8.07. The van der Waals surface area contributed by atoms with Crippen LogP contribution >= 0.6 is 14.3 Å². The first-order valence-corrected chi connectivity index (χ1v) is 11.3. The van der Waals surface area contributed by atoms with Gasteiger partial charge in [0.2, 0.25) is 0 Å². The summed E-state index contributed by atoms with van der Waals surface area (Å²) in [6.07, 6.45) is 0.421. The van der Waals surface area contributed by atoms with Gasteiger partial charge in [0.25, 0.3) is 0 Å². The Kier molecular flexibility index (Phi) is 7.26. The lowest BCUT2D eigenvalue weighted by atomic mass is 9.84. The molecule has 7 nitrogen and oxygen atoms in total. The largest absolute Gasteiger partial charge is 0.378 e. The highest BCUT2D eigenvalue weighted by atomic mass is 32.5. The first kappa shape index (κ1) is 21.5. The first-order valence-electron chi connectivity index (χ1n) is 6.99. The zero-order valence-corrected chi connectivity index (χ0v) is 16.1. The lowest BCUT2D eigenvalue weighted by Crippen LogP contribution is -2.31. The molecule has 0 aromatic rings. The average molecular weight is 384 g/mol. The Bertz CT molecular complexity index is 530. The van der Waals surface area contributed by atoms with Crippen molar-refractivity contribution >= 4 is 34.0 Å². The molecule has 2 radical (unpaired) electrons. The van der Waals surface area contributed by atoms with Gasteiger partial charge in [-0.15, -0.1) is 0 Å². The van der Waals surface area contributed by atoms with Crippen molar-refractivity contribution in [1.82, 2.24) is 0 Å². The SMILES string of the molecule is [B][C@H]1C[C@H](/C=C/P(=O)(O)O)[C@@H](OC)[C@H]1OP(O)(=S)OC(C)(C)C. The number of methoxy groups -OCH3 is 1. The molecule has 1 rings (SSSR count). The second-order valence-corrected chi connectivity index (χ2v) is 10.6. The van der Waals surface area contributed by atoms with Gasteiger partial charge in [0.15, 0.2) is 0 Å². The Morgan fingerprint density at radius 2 is 1.83 bits per heavy atom. The fourth-order valence-corrected chi connectivity index (χ4v) is 5.18. The fourth-order valence-electron chi connectivity index (χ4n) is 2.45. The summed E-state index contributed by atoms with van der Waals surface area (Å²) >= 11 is 5.01. The van der Waals surface area contributed by atoms with Gasteiger partial charge >= 0.3 is 14.3 Å². The van der Waals surface area contributed by atoms with Crippen molar-refractivity contribution in [1.29, 1.82) is 0 Å². The minimum absolute atomic E-state index is 0.364. The van der Waals surface area contributed by atoms with E-state index >= 15 is 0 Å². The van der Waals surface area contributed by atoms with Gasteiger partial charge in [-0.1, -0.05) is 6.08 Å². The molecular weight excluding hydrogens is 361 g/mol. The van der Waals surface area contributed by atoms with E-state index in [4.69, 9.17) is 43.2 Å². The maximum absolute atomic E-state index is 11.0. The molecule has 132 valence electrons. The number of hydrogen-bond acceptors (Lipinski definition) is 5. The molecule has 0 aromatic carbocycles. The number of hydrogen-bond donors (Lipinski definition) is 3. The molecule has 0 amide bonds. The minimum Gasteiger partial charge on any atom is -0.378 e. The molecule has 0 aliphatic heterocycles. The second kappa shape index (κ2) is 7.77. The molecular formula is C12H23BO7P2S. The molecule has 1 fully saturated rings. The van der Waals surface area contributed by atoms with Crippen LogP contribution < -0.4 is 0 Å². The Hall–Kier alpha value is 0.445. The van der Waals surface area contributed by atoms with E-state index in [1.807, 2.05) is 0 Å². The zero-order chi connectivity index (χ0) is 18.1. The van der Waals surface area contributed by atoms with Gasteiger partial charge in [0.1, 0.15) is 0 Å². The van der Waals surface area contributed by atoms with Gasteiger partial charge < -0.3 is 28.5 Å².